The van der Waals surface area contributed by atoms with Gasteiger partial charge in [0.15, 0.2) is 0 Å². The van der Waals surface area contributed by atoms with Gasteiger partial charge >= 0.3 is 0 Å². The molecule has 0 aliphatic carbocycles. The number of nitrogens with zero attached hydrogens (tertiary/aromatic N) is 3. The summed E-state index contributed by atoms with van der Waals surface area (Å²) in [7, 11) is 1.52. The Balaban J connectivity index is 1.85. The van der Waals surface area contributed by atoms with Gasteiger partial charge in [0.25, 0.3) is 5.91 Å². The second kappa shape index (κ2) is 6.64. The van der Waals surface area contributed by atoms with E-state index in [1.54, 1.807) is 36.6 Å². The minimum Gasteiger partial charge on any atom is -0.507 e. The molecule has 0 unspecified atom stereocenters. The third-order valence-electron chi connectivity index (χ3n) is 3.84. The molecule has 0 radical (unpaired) electrons. The van der Waals surface area contributed by atoms with E-state index in [4.69, 9.17) is 4.74 Å². The number of aromatic hydroxyl groups is 1. The molecule has 0 atom stereocenters. The molecule has 0 aliphatic rings. The number of ether oxygens (including phenoxy) is 1. The highest BCUT2D eigenvalue weighted by atomic mass is 16.5. The molecule has 0 saturated heterocycles. The van der Waals surface area contributed by atoms with Crippen LogP contribution in [-0.2, 0) is 0 Å². The number of benzene rings is 1. The first-order valence-corrected chi connectivity index (χ1v) is 7.67. The van der Waals surface area contributed by atoms with Crippen molar-refractivity contribution in [3.63, 3.8) is 0 Å². The topological polar surface area (TPSA) is 88.2 Å². The molecular weight excluding hydrogens is 320 g/mol. The Hall–Kier alpha value is -3.35. The number of phenols is 1. The number of hydrogen-bond donors (Lipinski definition) is 2. The first-order chi connectivity index (χ1) is 12.0. The van der Waals surface area contributed by atoms with Crippen molar-refractivity contribution in [1.82, 2.24) is 14.8 Å². The van der Waals surface area contributed by atoms with E-state index in [9.17, 15) is 9.90 Å². The zero-order chi connectivity index (χ0) is 18.0. The molecule has 1 amide bonds. The van der Waals surface area contributed by atoms with Gasteiger partial charge in [-0.15, -0.1) is 0 Å². The van der Waals surface area contributed by atoms with Crippen molar-refractivity contribution in [3.8, 4) is 11.5 Å². The highest BCUT2D eigenvalue weighted by Crippen LogP contribution is 2.23. The molecule has 0 bridgehead atoms. The van der Waals surface area contributed by atoms with E-state index in [1.165, 1.54) is 13.2 Å². The van der Waals surface area contributed by atoms with Gasteiger partial charge in [0.05, 0.1) is 18.5 Å². The van der Waals surface area contributed by atoms with Crippen molar-refractivity contribution in [2.24, 2.45) is 5.10 Å². The standard InChI is InChI=1S/C18H18N4O3/c1-11(14-8-7-13(25-3)10-15(14)23)20-21-18(24)17-12(2)19-16-6-4-5-9-22(16)17/h4-10,23H,1-3H3,(H,21,24)/b20-11+. The fraction of sp³-hybridized carbons (Fsp3) is 0.167. The number of hydrazone groups is 1. The molecule has 2 N–H and O–H groups in total. The quantitative estimate of drug-likeness (QED) is 0.565. The van der Waals surface area contributed by atoms with Gasteiger partial charge in [0, 0.05) is 17.8 Å². The second-order valence-corrected chi connectivity index (χ2v) is 5.50. The Morgan fingerprint density at radius 1 is 1.32 bits per heavy atom. The summed E-state index contributed by atoms with van der Waals surface area (Å²) in [6.45, 7) is 3.47. The number of rotatable bonds is 4. The number of nitrogens with one attached hydrogen (secondary N) is 1. The van der Waals surface area contributed by atoms with Gasteiger partial charge in [-0.2, -0.15) is 5.10 Å². The number of aryl methyl sites for hydroxylation is 1. The van der Waals surface area contributed by atoms with Crippen LogP contribution in [0.15, 0.2) is 47.7 Å². The van der Waals surface area contributed by atoms with Gasteiger partial charge in [-0.25, -0.2) is 10.4 Å². The SMILES string of the molecule is COc1ccc(/C(C)=N/NC(=O)c2c(C)nc3ccccn23)c(O)c1. The largest absolute Gasteiger partial charge is 0.507 e. The van der Waals surface area contributed by atoms with Gasteiger partial charge < -0.3 is 9.84 Å². The molecule has 2 heterocycles. The average Bonchev–Trinajstić information content (AvgIpc) is 2.95. The molecule has 0 aliphatic heterocycles. The number of amides is 1. The third-order valence-corrected chi connectivity index (χ3v) is 3.84. The van der Waals surface area contributed by atoms with Crippen LogP contribution in [-0.4, -0.2) is 33.2 Å². The van der Waals surface area contributed by atoms with Crippen LogP contribution in [0.25, 0.3) is 5.65 Å². The zero-order valence-corrected chi connectivity index (χ0v) is 14.1. The molecular formula is C18H18N4O3. The number of pyridine rings is 1. The van der Waals surface area contributed by atoms with E-state index < -0.39 is 0 Å². The van der Waals surface area contributed by atoms with Crippen molar-refractivity contribution in [3.05, 3.63) is 59.5 Å². The predicted molar refractivity (Wildman–Crippen MR) is 94.3 cm³/mol. The molecule has 0 spiro atoms. The molecule has 0 fully saturated rings. The van der Waals surface area contributed by atoms with Crippen LogP contribution in [0.4, 0.5) is 0 Å². The Labute approximate surface area is 144 Å². The van der Waals surface area contributed by atoms with E-state index in [0.717, 1.165) is 0 Å². The number of hydrogen-bond acceptors (Lipinski definition) is 5. The molecule has 7 heteroatoms. The number of fused-ring (bicyclic) bond motifs is 1. The van der Waals surface area contributed by atoms with Crippen molar-refractivity contribution in [2.45, 2.75) is 13.8 Å². The van der Waals surface area contributed by atoms with Crippen molar-refractivity contribution in [1.29, 1.82) is 0 Å². The van der Waals surface area contributed by atoms with Crippen LogP contribution >= 0.6 is 0 Å². The summed E-state index contributed by atoms with van der Waals surface area (Å²) < 4.78 is 6.76. The lowest BCUT2D eigenvalue weighted by Gasteiger charge is -2.07. The van der Waals surface area contributed by atoms with Crippen LogP contribution in [0.5, 0.6) is 11.5 Å². The molecule has 7 nitrogen and oxygen atoms in total. The third kappa shape index (κ3) is 3.16. The molecule has 1 aromatic carbocycles. The Kier molecular flexibility index (Phi) is 4.38. The predicted octanol–water partition coefficient (Wildman–Crippen LogP) is 2.51. The van der Waals surface area contributed by atoms with Crippen LogP contribution in [0, 0.1) is 6.92 Å². The van der Waals surface area contributed by atoms with Gasteiger partial charge in [-0.1, -0.05) is 6.07 Å². The Morgan fingerprint density at radius 3 is 2.84 bits per heavy atom. The van der Waals surface area contributed by atoms with E-state index in [1.807, 2.05) is 18.2 Å². The van der Waals surface area contributed by atoms with E-state index in [2.05, 4.69) is 15.5 Å². The minimum absolute atomic E-state index is 0.0285. The molecule has 25 heavy (non-hydrogen) atoms. The summed E-state index contributed by atoms with van der Waals surface area (Å²) >= 11 is 0. The van der Waals surface area contributed by atoms with Crippen LogP contribution in [0.2, 0.25) is 0 Å². The summed E-state index contributed by atoms with van der Waals surface area (Å²) in [5.74, 6) is 0.198. The minimum atomic E-state index is -0.372. The smallest absolute Gasteiger partial charge is 0.290 e. The monoisotopic (exact) mass is 338 g/mol. The maximum Gasteiger partial charge on any atom is 0.290 e. The molecule has 3 rings (SSSR count). The lowest BCUT2D eigenvalue weighted by molar-refractivity contribution is 0.0948. The fourth-order valence-electron chi connectivity index (χ4n) is 2.58. The summed E-state index contributed by atoms with van der Waals surface area (Å²) in [5.41, 5.74) is 5.23. The van der Waals surface area contributed by atoms with Crippen LogP contribution in [0.1, 0.15) is 28.7 Å². The van der Waals surface area contributed by atoms with E-state index >= 15 is 0 Å². The Bertz CT molecular complexity index is 976. The first kappa shape index (κ1) is 16.5. The molecule has 2 aromatic heterocycles. The maximum atomic E-state index is 12.5. The molecule has 128 valence electrons. The highest BCUT2D eigenvalue weighted by Gasteiger charge is 2.16. The summed E-state index contributed by atoms with van der Waals surface area (Å²) in [5, 5.41) is 14.1. The maximum absolute atomic E-state index is 12.5. The number of carbonyl (C=O) groups excluding carboxylic acids is 1. The number of aromatic nitrogens is 2. The lowest BCUT2D eigenvalue weighted by Crippen LogP contribution is -2.22. The van der Waals surface area contributed by atoms with Gasteiger partial charge in [0.1, 0.15) is 22.8 Å². The normalized spacial score (nSPS) is 11.6. The molecule has 3 aromatic rings. The zero-order valence-electron chi connectivity index (χ0n) is 14.1. The van der Waals surface area contributed by atoms with Gasteiger partial charge in [0.2, 0.25) is 0 Å². The van der Waals surface area contributed by atoms with Crippen molar-refractivity contribution in [2.75, 3.05) is 7.11 Å². The first-order valence-electron chi connectivity index (χ1n) is 7.67. The number of carbonyl (C=O) groups is 1. The number of imidazole rings is 1. The van der Waals surface area contributed by atoms with Gasteiger partial charge in [-0.05, 0) is 38.1 Å². The number of phenolic OH excluding ortho intramolecular Hbond substituents is 1. The number of methoxy groups -OCH3 is 1. The van der Waals surface area contributed by atoms with Crippen molar-refractivity contribution >= 4 is 17.3 Å². The molecule has 0 saturated carbocycles. The van der Waals surface area contributed by atoms with E-state index in [0.29, 0.717) is 34.1 Å². The lowest BCUT2D eigenvalue weighted by atomic mass is 10.1. The van der Waals surface area contributed by atoms with E-state index in [-0.39, 0.29) is 11.7 Å². The summed E-state index contributed by atoms with van der Waals surface area (Å²) in [4.78, 5) is 16.9. The van der Waals surface area contributed by atoms with Crippen LogP contribution in [0.3, 0.4) is 0 Å². The second-order valence-electron chi connectivity index (χ2n) is 5.50. The summed E-state index contributed by atoms with van der Waals surface area (Å²) in [6, 6.07) is 10.4. The fourth-order valence-corrected chi connectivity index (χ4v) is 2.58. The average molecular weight is 338 g/mol. The Morgan fingerprint density at radius 2 is 2.12 bits per heavy atom. The summed E-state index contributed by atoms with van der Waals surface area (Å²) in [6.07, 6.45) is 1.77. The van der Waals surface area contributed by atoms with Crippen LogP contribution < -0.4 is 10.2 Å². The highest BCUT2D eigenvalue weighted by molar-refractivity contribution is 6.02. The van der Waals surface area contributed by atoms with Gasteiger partial charge in [-0.3, -0.25) is 9.20 Å². The van der Waals surface area contributed by atoms with Crippen molar-refractivity contribution < 1.29 is 14.6 Å².